The van der Waals surface area contributed by atoms with Crippen LogP contribution in [0.2, 0.25) is 0 Å². The van der Waals surface area contributed by atoms with E-state index in [0.29, 0.717) is 12.6 Å². The van der Waals surface area contributed by atoms with Crippen LogP contribution in [0.4, 0.5) is 0 Å². The predicted octanol–water partition coefficient (Wildman–Crippen LogP) is 0.162. The van der Waals surface area contributed by atoms with Crippen molar-refractivity contribution in [2.75, 3.05) is 19.3 Å². The number of nitrogens with zero attached hydrogens (tertiary/aromatic N) is 1. The summed E-state index contributed by atoms with van der Waals surface area (Å²) in [6, 6.07) is 0.611. The summed E-state index contributed by atoms with van der Waals surface area (Å²) in [5.41, 5.74) is 0. The lowest BCUT2D eigenvalue weighted by atomic mass is 10.1. The van der Waals surface area contributed by atoms with Crippen LogP contribution in [0.3, 0.4) is 0 Å². The Bertz CT molecular complexity index is 296. The molecule has 2 saturated heterocycles. The molecule has 0 aliphatic carbocycles. The van der Waals surface area contributed by atoms with Gasteiger partial charge in [-0.3, -0.25) is 0 Å². The normalized spacial score (nSPS) is 35.2. The number of nitrogens with one attached hydrogen (secondary N) is 1. The van der Waals surface area contributed by atoms with Gasteiger partial charge in [0.2, 0.25) is 10.0 Å². The van der Waals surface area contributed by atoms with E-state index >= 15 is 0 Å². The zero-order valence-corrected chi connectivity index (χ0v) is 9.39. The van der Waals surface area contributed by atoms with E-state index in [1.165, 1.54) is 12.7 Å². The van der Waals surface area contributed by atoms with Crippen molar-refractivity contribution in [2.24, 2.45) is 0 Å². The molecule has 2 unspecified atom stereocenters. The molecule has 2 aliphatic heterocycles. The molecule has 0 spiro atoms. The van der Waals surface area contributed by atoms with Crippen LogP contribution in [0.25, 0.3) is 0 Å². The minimum absolute atomic E-state index is 0.215. The van der Waals surface area contributed by atoms with Crippen LogP contribution in [-0.4, -0.2) is 44.2 Å². The maximum atomic E-state index is 11.5. The van der Waals surface area contributed by atoms with Crippen LogP contribution in [-0.2, 0) is 10.0 Å². The number of hydrogen-bond acceptors (Lipinski definition) is 3. The van der Waals surface area contributed by atoms with E-state index in [9.17, 15) is 8.42 Å². The molecule has 2 atom stereocenters. The van der Waals surface area contributed by atoms with Crippen LogP contribution in [0.15, 0.2) is 0 Å². The average molecular weight is 218 g/mol. The maximum absolute atomic E-state index is 11.5. The van der Waals surface area contributed by atoms with Crippen LogP contribution in [0, 0.1) is 0 Å². The fraction of sp³-hybridized carbons (Fsp3) is 1.00. The Balaban J connectivity index is 2.10. The third kappa shape index (κ3) is 1.94. The molecule has 0 bridgehead atoms. The first-order valence-electron chi connectivity index (χ1n) is 5.29. The Morgan fingerprint density at radius 1 is 1.29 bits per heavy atom. The first-order valence-corrected chi connectivity index (χ1v) is 7.14. The average Bonchev–Trinajstić information content (AvgIpc) is 2.73. The van der Waals surface area contributed by atoms with E-state index in [1.54, 1.807) is 4.31 Å². The molecular formula is C9H18N2O2S. The second-order valence-corrected chi connectivity index (χ2v) is 6.22. The maximum Gasteiger partial charge on any atom is 0.211 e. The van der Waals surface area contributed by atoms with Crippen molar-refractivity contribution in [1.29, 1.82) is 0 Å². The molecule has 5 heteroatoms. The van der Waals surface area contributed by atoms with E-state index in [2.05, 4.69) is 5.32 Å². The molecule has 1 N–H and O–H groups in total. The largest absolute Gasteiger partial charge is 0.312 e. The van der Waals surface area contributed by atoms with Crippen molar-refractivity contribution in [3.05, 3.63) is 0 Å². The monoisotopic (exact) mass is 218 g/mol. The van der Waals surface area contributed by atoms with Gasteiger partial charge in [-0.15, -0.1) is 0 Å². The molecule has 2 rings (SSSR count). The Kier molecular flexibility index (Phi) is 2.81. The van der Waals surface area contributed by atoms with E-state index in [0.717, 1.165) is 25.8 Å². The summed E-state index contributed by atoms with van der Waals surface area (Å²) in [7, 11) is -3.00. The molecule has 2 heterocycles. The van der Waals surface area contributed by atoms with Gasteiger partial charge in [-0.25, -0.2) is 8.42 Å². The Labute approximate surface area is 85.7 Å². The fourth-order valence-electron chi connectivity index (χ4n) is 2.62. The highest BCUT2D eigenvalue weighted by Gasteiger charge is 2.37. The van der Waals surface area contributed by atoms with Crippen molar-refractivity contribution >= 4 is 10.0 Å². The molecular weight excluding hydrogens is 200 g/mol. The first-order chi connectivity index (χ1) is 6.59. The molecule has 4 nitrogen and oxygen atoms in total. The summed E-state index contributed by atoms with van der Waals surface area (Å²) in [4.78, 5) is 0. The van der Waals surface area contributed by atoms with Crippen molar-refractivity contribution in [2.45, 2.75) is 37.8 Å². The highest BCUT2D eigenvalue weighted by Crippen LogP contribution is 2.26. The topological polar surface area (TPSA) is 49.4 Å². The van der Waals surface area contributed by atoms with Gasteiger partial charge in [-0.1, -0.05) is 0 Å². The molecule has 0 aromatic rings. The predicted molar refractivity (Wildman–Crippen MR) is 55.6 cm³/mol. The quantitative estimate of drug-likeness (QED) is 0.718. The van der Waals surface area contributed by atoms with E-state index in [4.69, 9.17) is 0 Å². The molecule has 0 amide bonds. The summed E-state index contributed by atoms with van der Waals surface area (Å²) in [6.07, 6.45) is 5.65. The highest BCUT2D eigenvalue weighted by molar-refractivity contribution is 7.88. The molecule has 2 aliphatic rings. The lowest BCUT2D eigenvalue weighted by Gasteiger charge is -2.27. The van der Waals surface area contributed by atoms with Gasteiger partial charge < -0.3 is 5.32 Å². The van der Waals surface area contributed by atoms with E-state index in [-0.39, 0.29) is 6.04 Å². The van der Waals surface area contributed by atoms with Crippen LogP contribution in [0.5, 0.6) is 0 Å². The van der Waals surface area contributed by atoms with Crippen LogP contribution >= 0.6 is 0 Å². The van der Waals surface area contributed by atoms with Crippen molar-refractivity contribution in [3.63, 3.8) is 0 Å². The van der Waals surface area contributed by atoms with Gasteiger partial charge in [0.25, 0.3) is 0 Å². The molecule has 14 heavy (non-hydrogen) atoms. The smallest absolute Gasteiger partial charge is 0.211 e. The van der Waals surface area contributed by atoms with Gasteiger partial charge in [-0.05, 0) is 32.2 Å². The van der Waals surface area contributed by atoms with Gasteiger partial charge in [0.15, 0.2) is 0 Å². The molecule has 0 radical (unpaired) electrons. The van der Waals surface area contributed by atoms with Crippen LogP contribution < -0.4 is 5.32 Å². The molecule has 82 valence electrons. The first kappa shape index (κ1) is 10.4. The Morgan fingerprint density at radius 2 is 2.07 bits per heavy atom. The summed E-state index contributed by atoms with van der Waals surface area (Å²) in [5.74, 6) is 0. The molecule has 2 fully saturated rings. The van der Waals surface area contributed by atoms with E-state index < -0.39 is 10.0 Å². The number of rotatable bonds is 2. The van der Waals surface area contributed by atoms with Gasteiger partial charge in [0, 0.05) is 18.6 Å². The summed E-state index contributed by atoms with van der Waals surface area (Å²) < 4.78 is 24.7. The molecule has 0 saturated carbocycles. The highest BCUT2D eigenvalue weighted by atomic mass is 32.2. The summed E-state index contributed by atoms with van der Waals surface area (Å²) in [5, 5.41) is 3.39. The fourth-order valence-corrected chi connectivity index (χ4v) is 3.82. The van der Waals surface area contributed by atoms with Crippen LogP contribution in [0.1, 0.15) is 25.7 Å². The van der Waals surface area contributed by atoms with Gasteiger partial charge in [0.1, 0.15) is 0 Å². The third-order valence-electron chi connectivity index (χ3n) is 3.24. The Morgan fingerprint density at radius 3 is 2.64 bits per heavy atom. The Hall–Kier alpha value is -0.130. The second kappa shape index (κ2) is 3.79. The standard InChI is InChI=1S/C9H18N2O2S/c1-14(12,13)11-7-3-5-9(11)8-4-2-6-10-8/h8-10H,2-7H2,1H3. The van der Waals surface area contributed by atoms with Gasteiger partial charge >= 0.3 is 0 Å². The summed E-state index contributed by atoms with van der Waals surface area (Å²) >= 11 is 0. The third-order valence-corrected chi connectivity index (χ3v) is 4.54. The van der Waals surface area contributed by atoms with Crippen molar-refractivity contribution in [1.82, 2.24) is 9.62 Å². The second-order valence-electron chi connectivity index (χ2n) is 4.29. The summed E-state index contributed by atoms with van der Waals surface area (Å²) in [6.45, 7) is 1.75. The van der Waals surface area contributed by atoms with Gasteiger partial charge in [-0.2, -0.15) is 4.31 Å². The lowest BCUT2D eigenvalue weighted by Crippen LogP contribution is -2.46. The number of hydrogen-bond donors (Lipinski definition) is 1. The number of sulfonamides is 1. The van der Waals surface area contributed by atoms with Crippen molar-refractivity contribution < 1.29 is 8.42 Å². The van der Waals surface area contributed by atoms with Crippen molar-refractivity contribution in [3.8, 4) is 0 Å². The zero-order valence-electron chi connectivity index (χ0n) is 8.57. The minimum Gasteiger partial charge on any atom is -0.312 e. The van der Waals surface area contributed by atoms with Gasteiger partial charge in [0.05, 0.1) is 6.26 Å². The SMILES string of the molecule is CS(=O)(=O)N1CCCC1C1CCCN1. The molecule has 0 aromatic carbocycles. The zero-order chi connectivity index (χ0) is 10.2. The molecule has 0 aromatic heterocycles. The van der Waals surface area contributed by atoms with E-state index in [1.807, 2.05) is 0 Å². The lowest BCUT2D eigenvalue weighted by molar-refractivity contribution is 0.324. The minimum atomic E-state index is -3.00.